The number of carbonyl (C=O) groups is 1. The van der Waals surface area contributed by atoms with Crippen LogP contribution in [0, 0.1) is 0 Å². The molecule has 3 N–H and O–H groups in total. The van der Waals surface area contributed by atoms with E-state index in [1.165, 1.54) is 0 Å². The molecule has 1 aliphatic rings. The number of rotatable bonds is 5. The maximum absolute atomic E-state index is 11.8. The molecule has 16 heavy (non-hydrogen) atoms. The van der Waals surface area contributed by atoms with Gasteiger partial charge in [0.05, 0.1) is 18.2 Å². The van der Waals surface area contributed by atoms with Gasteiger partial charge in [0.15, 0.2) is 0 Å². The van der Waals surface area contributed by atoms with E-state index in [0.29, 0.717) is 6.61 Å². The molecule has 0 spiro atoms. The van der Waals surface area contributed by atoms with Gasteiger partial charge in [0.2, 0.25) is 5.91 Å². The van der Waals surface area contributed by atoms with Crippen molar-refractivity contribution in [2.24, 2.45) is 5.73 Å². The summed E-state index contributed by atoms with van der Waals surface area (Å²) < 4.78 is 5.39. The van der Waals surface area contributed by atoms with Gasteiger partial charge < -0.3 is 15.8 Å². The van der Waals surface area contributed by atoms with Crippen molar-refractivity contribution in [2.45, 2.75) is 37.8 Å². The Morgan fingerprint density at radius 3 is 3.00 bits per heavy atom. The Labute approximate surface area is 102 Å². The monoisotopic (exact) mass is 246 g/mol. The zero-order valence-corrected chi connectivity index (χ0v) is 10.9. The lowest BCUT2D eigenvalue weighted by atomic mass is 9.94. The van der Waals surface area contributed by atoms with Gasteiger partial charge in [0.25, 0.3) is 0 Å². The molecule has 0 aromatic carbocycles. The SMILES string of the molecule is CSCC[C@H](N)C(=O)NC1(C)CCCOC1. The van der Waals surface area contributed by atoms with Crippen molar-refractivity contribution >= 4 is 17.7 Å². The third-order valence-electron chi connectivity index (χ3n) is 2.83. The van der Waals surface area contributed by atoms with E-state index in [2.05, 4.69) is 5.32 Å². The molecule has 0 aromatic heterocycles. The first-order chi connectivity index (χ1) is 7.57. The second kappa shape index (κ2) is 6.47. The number of ether oxygens (including phenoxy) is 1. The first-order valence-corrected chi connectivity index (χ1v) is 7.11. The highest BCUT2D eigenvalue weighted by atomic mass is 32.2. The third-order valence-corrected chi connectivity index (χ3v) is 3.48. The lowest BCUT2D eigenvalue weighted by Crippen LogP contribution is -2.55. The Bertz CT molecular complexity index is 230. The van der Waals surface area contributed by atoms with Crippen LogP contribution in [0.1, 0.15) is 26.2 Å². The van der Waals surface area contributed by atoms with E-state index < -0.39 is 6.04 Å². The summed E-state index contributed by atoms with van der Waals surface area (Å²) in [6.07, 6.45) is 4.70. The van der Waals surface area contributed by atoms with Crippen molar-refractivity contribution in [3.05, 3.63) is 0 Å². The van der Waals surface area contributed by atoms with Gasteiger partial charge in [-0.2, -0.15) is 11.8 Å². The maximum Gasteiger partial charge on any atom is 0.237 e. The molecule has 4 nitrogen and oxygen atoms in total. The topological polar surface area (TPSA) is 64.4 Å². The molecular weight excluding hydrogens is 224 g/mol. The van der Waals surface area contributed by atoms with Gasteiger partial charge >= 0.3 is 0 Å². The number of hydrogen-bond donors (Lipinski definition) is 2. The Morgan fingerprint density at radius 2 is 2.44 bits per heavy atom. The minimum absolute atomic E-state index is 0.0537. The second-order valence-corrected chi connectivity index (χ2v) is 5.58. The summed E-state index contributed by atoms with van der Waals surface area (Å²) in [5, 5.41) is 3.01. The molecule has 94 valence electrons. The average molecular weight is 246 g/mol. The molecule has 1 aliphatic heterocycles. The fraction of sp³-hybridized carbons (Fsp3) is 0.909. The summed E-state index contributed by atoms with van der Waals surface area (Å²) in [4.78, 5) is 11.8. The first-order valence-electron chi connectivity index (χ1n) is 5.72. The molecule has 1 fully saturated rings. The van der Waals surface area contributed by atoms with Crippen LogP contribution in [0.25, 0.3) is 0 Å². The molecule has 1 saturated heterocycles. The highest BCUT2D eigenvalue weighted by molar-refractivity contribution is 7.98. The number of nitrogens with two attached hydrogens (primary N) is 1. The number of carbonyl (C=O) groups excluding carboxylic acids is 1. The van der Waals surface area contributed by atoms with Gasteiger partial charge in [-0.3, -0.25) is 4.79 Å². The Kier molecular flexibility index (Phi) is 5.58. The Hall–Kier alpha value is -0.260. The summed E-state index contributed by atoms with van der Waals surface area (Å²) in [6.45, 7) is 3.41. The Morgan fingerprint density at radius 1 is 1.69 bits per heavy atom. The molecular formula is C11H22N2O2S. The summed E-state index contributed by atoms with van der Waals surface area (Å²) in [5.74, 6) is 0.865. The van der Waals surface area contributed by atoms with Crippen molar-refractivity contribution in [1.29, 1.82) is 0 Å². The molecule has 1 rings (SSSR count). The zero-order valence-electron chi connectivity index (χ0n) is 10.1. The minimum Gasteiger partial charge on any atom is -0.379 e. The Balaban J connectivity index is 2.36. The van der Waals surface area contributed by atoms with Crippen molar-refractivity contribution in [3.8, 4) is 0 Å². The van der Waals surface area contributed by atoms with Crippen LogP contribution >= 0.6 is 11.8 Å². The maximum atomic E-state index is 11.8. The second-order valence-electron chi connectivity index (χ2n) is 4.59. The van der Waals surface area contributed by atoms with E-state index in [-0.39, 0.29) is 11.4 Å². The predicted octanol–water partition coefficient (Wildman–Crippen LogP) is 0.752. The normalized spacial score (nSPS) is 27.4. The van der Waals surface area contributed by atoms with Crippen LogP contribution in [0.4, 0.5) is 0 Å². The number of amides is 1. The van der Waals surface area contributed by atoms with Crippen LogP contribution in [-0.2, 0) is 9.53 Å². The van der Waals surface area contributed by atoms with E-state index >= 15 is 0 Å². The summed E-state index contributed by atoms with van der Waals surface area (Å²) in [7, 11) is 0. The van der Waals surface area contributed by atoms with Crippen molar-refractivity contribution < 1.29 is 9.53 Å². The van der Waals surface area contributed by atoms with Crippen molar-refractivity contribution in [3.63, 3.8) is 0 Å². The molecule has 1 unspecified atom stereocenters. The van der Waals surface area contributed by atoms with Gasteiger partial charge in [0.1, 0.15) is 0 Å². The van der Waals surface area contributed by atoms with Crippen LogP contribution in [0.15, 0.2) is 0 Å². The smallest absolute Gasteiger partial charge is 0.237 e. The lowest BCUT2D eigenvalue weighted by molar-refractivity contribution is -0.125. The van der Waals surface area contributed by atoms with E-state index in [0.717, 1.165) is 31.6 Å². The number of nitrogens with one attached hydrogen (secondary N) is 1. The van der Waals surface area contributed by atoms with Gasteiger partial charge in [0, 0.05) is 6.61 Å². The lowest BCUT2D eigenvalue weighted by Gasteiger charge is -2.35. The summed E-state index contributed by atoms with van der Waals surface area (Å²) in [6, 6.07) is -0.397. The van der Waals surface area contributed by atoms with Crippen LogP contribution in [-0.4, -0.2) is 42.7 Å². The molecule has 1 heterocycles. The van der Waals surface area contributed by atoms with Crippen molar-refractivity contribution in [1.82, 2.24) is 5.32 Å². The van der Waals surface area contributed by atoms with Crippen LogP contribution in [0.5, 0.6) is 0 Å². The van der Waals surface area contributed by atoms with Gasteiger partial charge in [-0.25, -0.2) is 0 Å². The van der Waals surface area contributed by atoms with E-state index in [4.69, 9.17) is 10.5 Å². The van der Waals surface area contributed by atoms with Gasteiger partial charge in [-0.05, 0) is 38.2 Å². The molecule has 1 amide bonds. The highest BCUT2D eigenvalue weighted by Crippen LogP contribution is 2.18. The number of thioether (sulfide) groups is 1. The van der Waals surface area contributed by atoms with E-state index in [1.807, 2.05) is 13.2 Å². The summed E-state index contributed by atoms with van der Waals surface area (Å²) in [5.41, 5.74) is 5.58. The van der Waals surface area contributed by atoms with Crippen molar-refractivity contribution in [2.75, 3.05) is 25.2 Å². The van der Waals surface area contributed by atoms with Crippen LogP contribution in [0.3, 0.4) is 0 Å². The molecule has 0 aromatic rings. The molecule has 2 atom stereocenters. The zero-order chi connectivity index (χ0) is 12.0. The van der Waals surface area contributed by atoms with E-state index in [1.54, 1.807) is 11.8 Å². The summed E-state index contributed by atoms with van der Waals surface area (Å²) >= 11 is 1.71. The quantitative estimate of drug-likeness (QED) is 0.751. The van der Waals surface area contributed by atoms with Gasteiger partial charge in [-0.1, -0.05) is 0 Å². The van der Waals surface area contributed by atoms with E-state index in [9.17, 15) is 4.79 Å². The number of hydrogen-bond acceptors (Lipinski definition) is 4. The predicted molar refractivity (Wildman–Crippen MR) is 67.6 cm³/mol. The minimum atomic E-state index is -0.397. The molecule has 0 aliphatic carbocycles. The fourth-order valence-corrected chi connectivity index (χ4v) is 2.29. The fourth-order valence-electron chi connectivity index (χ4n) is 1.80. The third kappa shape index (κ3) is 4.31. The molecule has 0 radical (unpaired) electrons. The standard InChI is InChI=1S/C11H22N2O2S/c1-11(5-3-6-15-8-11)13-10(14)9(12)4-7-16-2/h9H,3-8,12H2,1-2H3,(H,13,14)/t9-,11?/m0/s1. The first kappa shape index (κ1) is 13.8. The average Bonchev–Trinajstić information content (AvgIpc) is 2.26. The molecule has 0 bridgehead atoms. The highest BCUT2D eigenvalue weighted by Gasteiger charge is 2.30. The molecule has 5 heteroatoms. The van der Waals surface area contributed by atoms with Gasteiger partial charge in [-0.15, -0.1) is 0 Å². The largest absolute Gasteiger partial charge is 0.379 e. The van der Waals surface area contributed by atoms with Crippen LogP contribution in [0.2, 0.25) is 0 Å². The molecule has 0 saturated carbocycles. The van der Waals surface area contributed by atoms with Crippen LogP contribution < -0.4 is 11.1 Å².